The van der Waals surface area contributed by atoms with Crippen molar-refractivity contribution in [1.82, 2.24) is 0 Å². The number of sulfone groups is 1. The number of amidine groups is 1. The lowest BCUT2D eigenvalue weighted by molar-refractivity contribution is -0.117. The van der Waals surface area contributed by atoms with Crippen molar-refractivity contribution >= 4 is 38.4 Å². The van der Waals surface area contributed by atoms with E-state index in [1.807, 2.05) is 36.1 Å². The molecule has 10 heteroatoms. The van der Waals surface area contributed by atoms with Crippen LogP contribution in [0.25, 0.3) is 0 Å². The normalized spacial score (nSPS) is 22.3. The van der Waals surface area contributed by atoms with Gasteiger partial charge in [0.05, 0.1) is 44.8 Å². The SMILES string of the molecule is CCOc1ccc(N2C(=NC(=O)Cc3ccc(OC)c(OC)c3)S[C@H]3CS(=O)(=O)C[C@@H]32)cc1. The van der Waals surface area contributed by atoms with Crippen molar-refractivity contribution in [3.8, 4) is 17.2 Å². The van der Waals surface area contributed by atoms with Gasteiger partial charge in [0.2, 0.25) is 0 Å². The Hall–Kier alpha value is -2.72. The molecule has 2 aliphatic rings. The summed E-state index contributed by atoms with van der Waals surface area (Å²) < 4.78 is 40.6. The van der Waals surface area contributed by atoms with Crippen LogP contribution in [0.4, 0.5) is 5.69 Å². The van der Waals surface area contributed by atoms with Crippen LogP contribution in [-0.2, 0) is 21.1 Å². The fraction of sp³-hybridized carbons (Fsp3) is 0.391. The number of aliphatic imine (C=N–C) groups is 1. The predicted molar refractivity (Wildman–Crippen MR) is 130 cm³/mol. The van der Waals surface area contributed by atoms with Gasteiger partial charge in [0.15, 0.2) is 26.5 Å². The van der Waals surface area contributed by atoms with Crippen LogP contribution in [0.15, 0.2) is 47.5 Å². The number of anilines is 1. The molecule has 2 fully saturated rings. The van der Waals surface area contributed by atoms with Crippen LogP contribution in [0.1, 0.15) is 12.5 Å². The van der Waals surface area contributed by atoms with E-state index in [1.165, 1.54) is 11.8 Å². The molecule has 0 N–H and O–H groups in total. The van der Waals surface area contributed by atoms with Crippen LogP contribution in [0.2, 0.25) is 0 Å². The summed E-state index contributed by atoms with van der Waals surface area (Å²) in [5, 5.41) is 0.365. The van der Waals surface area contributed by atoms with Gasteiger partial charge in [-0.15, -0.1) is 0 Å². The molecule has 0 aromatic heterocycles. The number of thioether (sulfide) groups is 1. The highest BCUT2D eigenvalue weighted by molar-refractivity contribution is 8.16. The first-order chi connectivity index (χ1) is 15.8. The number of carbonyl (C=O) groups is 1. The van der Waals surface area contributed by atoms with Gasteiger partial charge in [-0.2, -0.15) is 4.99 Å². The quantitative estimate of drug-likeness (QED) is 0.585. The molecule has 2 aliphatic heterocycles. The van der Waals surface area contributed by atoms with E-state index < -0.39 is 9.84 Å². The third-order valence-electron chi connectivity index (χ3n) is 5.52. The van der Waals surface area contributed by atoms with Crippen molar-refractivity contribution in [2.45, 2.75) is 24.6 Å². The Bertz CT molecular complexity index is 1160. The van der Waals surface area contributed by atoms with Crippen LogP contribution < -0.4 is 19.1 Å². The number of hydrogen-bond donors (Lipinski definition) is 0. The van der Waals surface area contributed by atoms with E-state index in [-0.39, 0.29) is 35.1 Å². The maximum absolute atomic E-state index is 12.8. The molecule has 0 bridgehead atoms. The Balaban J connectivity index is 1.60. The van der Waals surface area contributed by atoms with Crippen LogP contribution in [-0.4, -0.2) is 63.1 Å². The zero-order valence-electron chi connectivity index (χ0n) is 18.7. The van der Waals surface area contributed by atoms with Gasteiger partial charge in [-0.05, 0) is 48.9 Å². The van der Waals surface area contributed by atoms with E-state index in [2.05, 4.69) is 4.99 Å². The first-order valence-corrected chi connectivity index (χ1v) is 13.2. The zero-order chi connectivity index (χ0) is 23.6. The highest BCUT2D eigenvalue weighted by Gasteiger charge is 2.49. The van der Waals surface area contributed by atoms with E-state index in [0.717, 1.165) is 17.0 Å². The van der Waals surface area contributed by atoms with Crippen molar-refractivity contribution in [1.29, 1.82) is 0 Å². The smallest absolute Gasteiger partial charge is 0.252 e. The minimum atomic E-state index is -3.13. The van der Waals surface area contributed by atoms with E-state index >= 15 is 0 Å². The lowest BCUT2D eigenvalue weighted by Gasteiger charge is -2.24. The molecular weight excluding hydrogens is 464 g/mol. The largest absolute Gasteiger partial charge is 0.494 e. The summed E-state index contributed by atoms with van der Waals surface area (Å²) in [6, 6.07) is 12.5. The topological polar surface area (TPSA) is 94.5 Å². The van der Waals surface area contributed by atoms with Crippen LogP contribution in [0.5, 0.6) is 17.2 Å². The lowest BCUT2D eigenvalue weighted by atomic mass is 10.1. The molecule has 0 radical (unpaired) electrons. The minimum Gasteiger partial charge on any atom is -0.494 e. The Morgan fingerprint density at radius 1 is 1.09 bits per heavy atom. The average molecular weight is 491 g/mol. The zero-order valence-corrected chi connectivity index (χ0v) is 20.3. The molecule has 2 aromatic carbocycles. The molecule has 1 amide bonds. The average Bonchev–Trinajstić information content (AvgIpc) is 3.25. The monoisotopic (exact) mass is 490 g/mol. The molecular formula is C23H26N2O6S2. The van der Waals surface area contributed by atoms with Crippen molar-refractivity contribution in [2.75, 3.05) is 37.2 Å². The lowest BCUT2D eigenvalue weighted by Crippen LogP contribution is -2.37. The second kappa shape index (κ2) is 9.64. The number of amides is 1. The van der Waals surface area contributed by atoms with Gasteiger partial charge >= 0.3 is 0 Å². The molecule has 2 aromatic rings. The van der Waals surface area contributed by atoms with E-state index in [0.29, 0.717) is 23.3 Å². The van der Waals surface area contributed by atoms with E-state index in [1.54, 1.807) is 32.4 Å². The number of methoxy groups -OCH3 is 2. The Labute approximate surface area is 197 Å². The Kier molecular flexibility index (Phi) is 6.85. The van der Waals surface area contributed by atoms with Crippen LogP contribution in [0.3, 0.4) is 0 Å². The highest BCUT2D eigenvalue weighted by Crippen LogP contribution is 2.41. The number of ether oxygens (including phenoxy) is 3. The molecule has 0 spiro atoms. The van der Waals surface area contributed by atoms with Crippen molar-refractivity contribution < 1.29 is 27.4 Å². The van der Waals surface area contributed by atoms with Gasteiger partial charge in [0.1, 0.15) is 5.75 Å². The predicted octanol–water partition coefficient (Wildman–Crippen LogP) is 2.95. The first kappa shape index (κ1) is 23.4. The molecule has 8 nitrogen and oxygen atoms in total. The number of fused-ring (bicyclic) bond motifs is 1. The molecule has 2 heterocycles. The number of hydrogen-bond acceptors (Lipinski definition) is 7. The van der Waals surface area contributed by atoms with Crippen molar-refractivity contribution in [3.05, 3.63) is 48.0 Å². The summed E-state index contributed by atoms with van der Waals surface area (Å²) in [5.74, 6) is 1.67. The fourth-order valence-electron chi connectivity index (χ4n) is 4.05. The van der Waals surface area contributed by atoms with E-state index in [9.17, 15) is 13.2 Å². The first-order valence-electron chi connectivity index (χ1n) is 10.5. The standard InChI is InChI=1S/C23H26N2O6S2/c1-4-31-17-8-6-16(7-9-17)25-18-13-33(27,28)14-21(18)32-23(25)24-22(26)12-15-5-10-19(29-2)20(11-15)30-3/h5-11,18,21H,4,12-14H2,1-3H3/t18-,21-/m0/s1. The van der Waals surface area contributed by atoms with Gasteiger partial charge < -0.3 is 19.1 Å². The van der Waals surface area contributed by atoms with Gasteiger partial charge in [-0.25, -0.2) is 8.42 Å². The maximum Gasteiger partial charge on any atom is 0.252 e. The molecule has 2 saturated heterocycles. The highest BCUT2D eigenvalue weighted by atomic mass is 32.2. The van der Waals surface area contributed by atoms with Crippen molar-refractivity contribution in [3.63, 3.8) is 0 Å². The summed E-state index contributed by atoms with van der Waals surface area (Å²) >= 11 is 1.35. The maximum atomic E-state index is 12.8. The molecule has 0 saturated carbocycles. The van der Waals surface area contributed by atoms with Gasteiger partial charge in [0.25, 0.3) is 5.91 Å². The molecule has 4 rings (SSSR count). The second-order valence-corrected chi connectivity index (χ2v) is 11.1. The number of nitrogens with zero attached hydrogens (tertiary/aromatic N) is 2. The van der Waals surface area contributed by atoms with Crippen LogP contribution >= 0.6 is 11.8 Å². The Morgan fingerprint density at radius 2 is 1.82 bits per heavy atom. The molecule has 33 heavy (non-hydrogen) atoms. The third-order valence-corrected chi connectivity index (χ3v) is 8.73. The minimum absolute atomic E-state index is 0.0424. The van der Waals surface area contributed by atoms with Crippen LogP contribution in [0, 0.1) is 0 Å². The summed E-state index contributed by atoms with van der Waals surface area (Å²) in [7, 11) is -0.0347. The summed E-state index contributed by atoms with van der Waals surface area (Å²) in [6.07, 6.45) is 0.0924. The van der Waals surface area contributed by atoms with E-state index in [4.69, 9.17) is 14.2 Å². The van der Waals surface area contributed by atoms with Gasteiger partial charge in [0, 0.05) is 10.9 Å². The number of benzene rings is 2. The molecule has 0 unspecified atom stereocenters. The number of rotatable bonds is 7. The van der Waals surface area contributed by atoms with Gasteiger partial charge in [-0.3, -0.25) is 4.79 Å². The molecule has 176 valence electrons. The third kappa shape index (κ3) is 5.11. The number of carbonyl (C=O) groups excluding carboxylic acids is 1. The summed E-state index contributed by atoms with van der Waals surface area (Å²) in [4.78, 5) is 19.1. The van der Waals surface area contributed by atoms with Gasteiger partial charge in [-0.1, -0.05) is 17.8 Å². The summed E-state index contributed by atoms with van der Waals surface area (Å²) in [5.41, 5.74) is 1.54. The molecule has 2 atom stereocenters. The second-order valence-electron chi connectivity index (χ2n) is 7.75. The Morgan fingerprint density at radius 3 is 2.48 bits per heavy atom. The molecule has 0 aliphatic carbocycles. The summed E-state index contributed by atoms with van der Waals surface area (Å²) in [6.45, 7) is 2.47. The fourth-order valence-corrected chi connectivity index (χ4v) is 7.98. The van der Waals surface area contributed by atoms with Crippen molar-refractivity contribution in [2.24, 2.45) is 4.99 Å².